The van der Waals surface area contributed by atoms with Crippen LogP contribution in [0.4, 0.5) is 11.4 Å². The van der Waals surface area contributed by atoms with Gasteiger partial charge in [-0.15, -0.1) is 0 Å². The molecular formula is C11H15BrN2O3. The van der Waals surface area contributed by atoms with E-state index in [-0.39, 0.29) is 5.69 Å². The molecule has 5 nitrogen and oxygen atoms in total. The molecule has 0 saturated carbocycles. The van der Waals surface area contributed by atoms with Crippen LogP contribution in [-0.2, 0) is 0 Å². The van der Waals surface area contributed by atoms with Crippen LogP contribution in [0.25, 0.3) is 0 Å². The lowest BCUT2D eigenvalue weighted by atomic mass is 9.98. The monoisotopic (exact) mass is 302 g/mol. The Labute approximate surface area is 108 Å². The SMILES string of the molecule is CC(O)C(C)(C)Nc1cc(Br)ccc1[N+](=O)[O-]. The Hall–Kier alpha value is -1.14. The maximum Gasteiger partial charge on any atom is 0.292 e. The molecule has 0 amide bonds. The number of anilines is 1. The number of rotatable bonds is 4. The Bertz CT molecular complexity index is 433. The Kier molecular flexibility index (Phi) is 4.11. The Morgan fingerprint density at radius 3 is 2.59 bits per heavy atom. The smallest absolute Gasteiger partial charge is 0.292 e. The van der Waals surface area contributed by atoms with Crippen LogP contribution in [0.5, 0.6) is 0 Å². The first-order chi connectivity index (χ1) is 7.74. The number of hydrogen-bond acceptors (Lipinski definition) is 4. The molecule has 0 aliphatic carbocycles. The molecule has 17 heavy (non-hydrogen) atoms. The van der Waals surface area contributed by atoms with Gasteiger partial charge in [-0.25, -0.2) is 0 Å². The number of nitrogens with one attached hydrogen (secondary N) is 1. The second-order valence-corrected chi connectivity index (χ2v) is 5.36. The molecule has 0 saturated heterocycles. The fraction of sp³-hybridized carbons (Fsp3) is 0.455. The van der Waals surface area contributed by atoms with Gasteiger partial charge in [0.05, 0.1) is 16.6 Å². The van der Waals surface area contributed by atoms with Crippen molar-refractivity contribution in [1.29, 1.82) is 0 Å². The quantitative estimate of drug-likeness (QED) is 0.662. The summed E-state index contributed by atoms with van der Waals surface area (Å²) in [5, 5.41) is 23.5. The Morgan fingerprint density at radius 1 is 1.53 bits per heavy atom. The highest BCUT2D eigenvalue weighted by Crippen LogP contribution is 2.30. The number of halogens is 1. The van der Waals surface area contributed by atoms with Crippen LogP contribution >= 0.6 is 15.9 Å². The molecule has 0 aromatic heterocycles. The van der Waals surface area contributed by atoms with Gasteiger partial charge in [0.2, 0.25) is 0 Å². The van der Waals surface area contributed by atoms with E-state index >= 15 is 0 Å². The summed E-state index contributed by atoms with van der Waals surface area (Å²) in [6.45, 7) is 5.20. The topological polar surface area (TPSA) is 75.4 Å². The van der Waals surface area contributed by atoms with Crippen molar-refractivity contribution >= 4 is 27.3 Å². The largest absolute Gasteiger partial charge is 0.391 e. The summed E-state index contributed by atoms with van der Waals surface area (Å²) in [6, 6.07) is 4.66. The molecule has 0 fully saturated rings. The van der Waals surface area contributed by atoms with Gasteiger partial charge in [0.1, 0.15) is 5.69 Å². The van der Waals surface area contributed by atoms with Gasteiger partial charge >= 0.3 is 0 Å². The van der Waals surface area contributed by atoms with E-state index in [1.807, 2.05) is 0 Å². The highest BCUT2D eigenvalue weighted by atomic mass is 79.9. The number of hydrogen-bond donors (Lipinski definition) is 2. The molecule has 6 heteroatoms. The average molecular weight is 303 g/mol. The van der Waals surface area contributed by atoms with Crippen molar-refractivity contribution in [3.63, 3.8) is 0 Å². The van der Waals surface area contributed by atoms with Gasteiger partial charge < -0.3 is 10.4 Å². The second-order valence-electron chi connectivity index (χ2n) is 4.44. The highest BCUT2D eigenvalue weighted by Gasteiger charge is 2.27. The van der Waals surface area contributed by atoms with E-state index in [1.165, 1.54) is 6.07 Å². The molecule has 0 aliphatic rings. The second kappa shape index (κ2) is 5.01. The van der Waals surface area contributed by atoms with Crippen LogP contribution in [0, 0.1) is 10.1 Å². The third-order valence-corrected chi connectivity index (χ3v) is 3.15. The van der Waals surface area contributed by atoms with Crippen molar-refractivity contribution in [2.75, 3.05) is 5.32 Å². The minimum Gasteiger partial charge on any atom is -0.391 e. The van der Waals surface area contributed by atoms with Crippen molar-refractivity contribution in [1.82, 2.24) is 0 Å². The number of nitro groups is 1. The van der Waals surface area contributed by atoms with Gasteiger partial charge in [-0.2, -0.15) is 0 Å². The number of aliphatic hydroxyl groups is 1. The fourth-order valence-electron chi connectivity index (χ4n) is 1.22. The number of aliphatic hydroxyl groups excluding tert-OH is 1. The molecule has 0 aliphatic heterocycles. The van der Waals surface area contributed by atoms with Crippen molar-refractivity contribution in [2.24, 2.45) is 0 Å². The Balaban J connectivity index is 3.13. The zero-order chi connectivity index (χ0) is 13.2. The number of nitrogens with zero attached hydrogens (tertiary/aromatic N) is 1. The van der Waals surface area contributed by atoms with Crippen LogP contribution in [0.2, 0.25) is 0 Å². The summed E-state index contributed by atoms with van der Waals surface area (Å²) >= 11 is 3.26. The first-order valence-corrected chi connectivity index (χ1v) is 5.93. The zero-order valence-corrected chi connectivity index (χ0v) is 11.5. The molecule has 2 N–H and O–H groups in total. The maximum atomic E-state index is 10.9. The normalized spacial score (nSPS) is 13.2. The number of nitro benzene ring substituents is 1. The van der Waals surface area contributed by atoms with E-state index in [0.29, 0.717) is 5.69 Å². The van der Waals surface area contributed by atoms with E-state index in [4.69, 9.17) is 0 Å². The third-order valence-electron chi connectivity index (χ3n) is 2.66. The first-order valence-electron chi connectivity index (χ1n) is 5.14. The van der Waals surface area contributed by atoms with E-state index in [1.54, 1.807) is 32.9 Å². The summed E-state index contributed by atoms with van der Waals surface area (Å²) in [7, 11) is 0. The molecule has 0 bridgehead atoms. The lowest BCUT2D eigenvalue weighted by Gasteiger charge is -2.30. The molecule has 1 aromatic rings. The molecule has 1 unspecified atom stereocenters. The van der Waals surface area contributed by atoms with Crippen molar-refractivity contribution in [3.8, 4) is 0 Å². The van der Waals surface area contributed by atoms with E-state index in [9.17, 15) is 15.2 Å². The van der Waals surface area contributed by atoms with E-state index in [2.05, 4.69) is 21.2 Å². The summed E-state index contributed by atoms with van der Waals surface area (Å²) in [5.74, 6) is 0. The summed E-state index contributed by atoms with van der Waals surface area (Å²) in [5.41, 5.74) is -0.275. The van der Waals surface area contributed by atoms with Gasteiger partial charge in [-0.1, -0.05) is 15.9 Å². The van der Waals surface area contributed by atoms with Crippen LogP contribution in [0.1, 0.15) is 20.8 Å². The molecule has 1 aromatic carbocycles. The van der Waals surface area contributed by atoms with Crippen molar-refractivity contribution < 1.29 is 10.0 Å². The van der Waals surface area contributed by atoms with Gasteiger partial charge in [0.15, 0.2) is 0 Å². The van der Waals surface area contributed by atoms with Crippen LogP contribution in [0.3, 0.4) is 0 Å². The van der Waals surface area contributed by atoms with Crippen LogP contribution < -0.4 is 5.32 Å². The summed E-state index contributed by atoms with van der Waals surface area (Å²) < 4.78 is 0.743. The number of benzene rings is 1. The highest BCUT2D eigenvalue weighted by molar-refractivity contribution is 9.10. The molecule has 94 valence electrons. The van der Waals surface area contributed by atoms with Gasteiger partial charge in [0, 0.05) is 10.5 Å². The summed E-state index contributed by atoms with van der Waals surface area (Å²) in [6.07, 6.45) is -0.638. The van der Waals surface area contributed by atoms with Gasteiger partial charge in [-0.3, -0.25) is 10.1 Å². The lowest BCUT2D eigenvalue weighted by Crippen LogP contribution is -2.42. The predicted molar refractivity (Wildman–Crippen MR) is 70.2 cm³/mol. The Morgan fingerprint density at radius 2 is 2.12 bits per heavy atom. The first kappa shape index (κ1) is 13.9. The molecule has 0 heterocycles. The fourth-order valence-corrected chi connectivity index (χ4v) is 1.58. The standard InChI is InChI=1S/C11H15BrN2O3/c1-7(15)11(2,3)13-9-6-8(12)4-5-10(9)14(16)17/h4-7,13,15H,1-3H3. The van der Waals surface area contributed by atoms with Crippen LogP contribution in [-0.4, -0.2) is 21.7 Å². The van der Waals surface area contributed by atoms with Gasteiger partial charge in [-0.05, 0) is 32.9 Å². The molecule has 1 atom stereocenters. The van der Waals surface area contributed by atoms with E-state index in [0.717, 1.165) is 4.47 Å². The van der Waals surface area contributed by atoms with Crippen LogP contribution in [0.15, 0.2) is 22.7 Å². The summed E-state index contributed by atoms with van der Waals surface area (Å²) in [4.78, 5) is 10.4. The van der Waals surface area contributed by atoms with E-state index < -0.39 is 16.6 Å². The molecular weight excluding hydrogens is 288 g/mol. The lowest BCUT2D eigenvalue weighted by molar-refractivity contribution is -0.384. The van der Waals surface area contributed by atoms with Gasteiger partial charge in [0.25, 0.3) is 5.69 Å². The minimum atomic E-state index is -0.647. The maximum absolute atomic E-state index is 10.9. The minimum absolute atomic E-state index is 0.0121. The molecule has 0 spiro atoms. The zero-order valence-electron chi connectivity index (χ0n) is 9.90. The average Bonchev–Trinajstić information content (AvgIpc) is 2.15. The van der Waals surface area contributed by atoms with Crippen molar-refractivity contribution in [3.05, 3.63) is 32.8 Å². The third kappa shape index (κ3) is 3.41. The predicted octanol–water partition coefficient (Wildman–Crippen LogP) is 2.93. The van der Waals surface area contributed by atoms with Crippen molar-refractivity contribution in [2.45, 2.75) is 32.4 Å². The molecule has 1 rings (SSSR count). The molecule has 0 radical (unpaired) electrons.